The van der Waals surface area contributed by atoms with Crippen LogP contribution in [0.5, 0.6) is 0 Å². The first-order valence-corrected chi connectivity index (χ1v) is 5.06. The summed E-state index contributed by atoms with van der Waals surface area (Å²) in [4.78, 5) is 20.4. The zero-order valence-corrected chi connectivity index (χ0v) is 9.47. The van der Waals surface area contributed by atoms with Crippen LogP contribution in [0.1, 0.15) is 16.9 Å². The van der Waals surface area contributed by atoms with E-state index in [0.717, 1.165) is 19.5 Å². The number of rotatable bonds is 6. The highest BCUT2D eigenvalue weighted by atomic mass is 16.4. The van der Waals surface area contributed by atoms with Crippen LogP contribution >= 0.6 is 0 Å². The van der Waals surface area contributed by atoms with Crippen molar-refractivity contribution in [3.63, 3.8) is 0 Å². The van der Waals surface area contributed by atoms with E-state index < -0.39 is 5.97 Å². The van der Waals surface area contributed by atoms with E-state index in [0.29, 0.717) is 5.82 Å². The van der Waals surface area contributed by atoms with Crippen LogP contribution in [0.4, 0.5) is 5.82 Å². The smallest absolute Gasteiger partial charge is 0.356 e. The molecular weight excluding hydrogens is 208 g/mol. The topological polar surface area (TPSA) is 78.4 Å². The summed E-state index contributed by atoms with van der Waals surface area (Å²) in [6, 6.07) is 0. The second-order valence-electron chi connectivity index (χ2n) is 3.45. The Kier molecular flexibility index (Phi) is 4.65. The van der Waals surface area contributed by atoms with Crippen molar-refractivity contribution in [1.82, 2.24) is 15.3 Å². The van der Waals surface area contributed by atoms with Gasteiger partial charge < -0.3 is 15.3 Å². The van der Waals surface area contributed by atoms with Crippen molar-refractivity contribution in [3.8, 4) is 0 Å². The third-order valence-corrected chi connectivity index (χ3v) is 2.15. The Hall–Kier alpha value is -1.69. The number of aromatic nitrogens is 2. The zero-order valence-electron chi connectivity index (χ0n) is 9.47. The number of aromatic carboxylic acids is 1. The van der Waals surface area contributed by atoms with Crippen LogP contribution in [0, 0.1) is 0 Å². The van der Waals surface area contributed by atoms with Gasteiger partial charge in [-0.25, -0.2) is 9.78 Å². The van der Waals surface area contributed by atoms with Crippen LogP contribution in [0.3, 0.4) is 0 Å². The van der Waals surface area contributed by atoms with Gasteiger partial charge in [0.15, 0.2) is 5.69 Å². The zero-order chi connectivity index (χ0) is 12.0. The van der Waals surface area contributed by atoms with Crippen LogP contribution in [0.25, 0.3) is 0 Å². The van der Waals surface area contributed by atoms with Crippen LogP contribution in [-0.4, -0.2) is 48.2 Å². The highest BCUT2D eigenvalue weighted by Gasteiger charge is 2.08. The number of carboxylic acids is 1. The summed E-state index contributed by atoms with van der Waals surface area (Å²) in [7, 11) is 3.76. The number of hydrogen-bond donors (Lipinski definition) is 2. The minimum atomic E-state index is -1.06. The second kappa shape index (κ2) is 6.02. The lowest BCUT2D eigenvalue weighted by Crippen LogP contribution is -2.23. The molecule has 0 saturated carbocycles. The molecule has 1 aromatic rings. The van der Waals surface area contributed by atoms with Crippen LogP contribution < -0.4 is 10.2 Å². The molecule has 0 aromatic carbocycles. The summed E-state index contributed by atoms with van der Waals surface area (Å²) in [6.07, 6.45) is 3.77. The van der Waals surface area contributed by atoms with Crippen molar-refractivity contribution in [3.05, 3.63) is 18.1 Å². The fourth-order valence-corrected chi connectivity index (χ4v) is 1.25. The molecule has 0 amide bonds. The molecule has 0 radical (unpaired) electrons. The van der Waals surface area contributed by atoms with Gasteiger partial charge in [-0.15, -0.1) is 0 Å². The molecule has 0 aliphatic rings. The first-order valence-electron chi connectivity index (χ1n) is 5.06. The quantitative estimate of drug-likeness (QED) is 0.673. The minimum Gasteiger partial charge on any atom is -0.476 e. The Morgan fingerprint density at radius 1 is 1.56 bits per heavy atom. The van der Waals surface area contributed by atoms with Gasteiger partial charge in [-0.3, -0.25) is 4.98 Å². The number of carboxylic acid groups (broad SMARTS) is 1. The normalized spacial score (nSPS) is 10.1. The van der Waals surface area contributed by atoms with Crippen molar-refractivity contribution < 1.29 is 9.90 Å². The average molecular weight is 224 g/mol. The van der Waals surface area contributed by atoms with E-state index in [9.17, 15) is 4.79 Å². The van der Waals surface area contributed by atoms with Gasteiger partial charge >= 0.3 is 5.97 Å². The van der Waals surface area contributed by atoms with Crippen LogP contribution in [0.2, 0.25) is 0 Å². The highest BCUT2D eigenvalue weighted by molar-refractivity contribution is 5.85. The van der Waals surface area contributed by atoms with Crippen LogP contribution in [0.15, 0.2) is 12.4 Å². The fourth-order valence-electron chi connectivity index (χ4n) is 1.25. The number of carbonyl (C=O) groups is 1. The van der Waals surface area contributed by atoms with E-state index in [1.807, 2.05) is 19.0 Å². The van der Waals surface area contributed by atoms with Crippen molar-refractivity contribution in [1.29, 1.82) is 0 Å². The Morgan fingerprint density at radius 2 is 2.31 bits per heavy atom. The van der Waals surface area contributed by atoms with Crippen LogP contribution in [-0.2, 0) is 0 Å². The predicted octanol–water partition coefficient (Wildman–Crippen LogP) is 0.220. The molecule has 1 rings (SSSR count). The Balaban J connectivity index is 2.64. The molecule has 6 nitrogen and oxygen atoms in total. The van der Waals surface area contributed by atoms with Crippen molar-refractivity contribution >= 4 is 11.8 Å². The van der Waals surface area contributed by atoms with E-state index in [4.69, 9.17) is 5.11 Å². The standard InChI is InChI=1S/C10H16N4O2/c1-11-4-3-5-14(2)9-7-12-6-8(13-9)10(15)16/h6-7,11H,3-5H2,1-2H3,(H,15,16). The fraction of sp³-hybridized carbons (Fsp3) is 0.500. The third-order valence-electron chi connectivity index (χ3n) is 2.15. The molecular formula is C10H16N4O2. The lowest BCUT2D eigenvalue weighted by atomic mass is 10.4. The van der Waals surface area contributed by atoms with Crippen molar-refractivity contribution in [2.45, 2.75) is 6.42 Å². The van der Waals surface area contributed by atoms with Crippen molar-refractivity contribution in [2.24, 2.45) is 0 Å². The molecule has 0 spiro atoms. The molecule has 0 bridgehead atoms. The molecule has 1 aromatic heterocycles. The molecule has 88 valence electrons. The monoisotopic (exact) mass is 224 g/mol. The maximum absolute atomic E-state index is 10.7. The first-order chi connectivity index (χ1) is 7.65. The highest BCUT2D eigenvalue weighted by Crippen LogP contribution is 2.07. The Morgan fingerprint density at radius 3 is 2.94 bits per heavy atom. The Bertz CT molecular complexity index is 356. The third kappa shape index (κ3) is 3.47. The molecule has 6 heteroatoms. The van der Waals surface area contributed by atoms with Gasteiger partial charge in [0.1, 0.15) is 5.82 Å². The number of nitrogens with one attached hydrogen (secondary N) is 1. The molecule has 0 fully saturated rings. The van der Waals surface area contributed by atoms with E-state index >= 15 is 0 Å². The summed E-state index contributed by atoms with van der Waals surface area (Å²) in [5, 5.41) is 11.8. The first kappa shape index (κ1) is 12.4. The molecule has 1 heterocycles. The van der Waals surface area contributed by atoms with Gasteiger partial charge in [-0.05, 0) is 20.0 Å². The van der Waals surface area contributed by atoms with E-state index in [1.165, 1.54) is 6.20 Å². The van der Waals surface area contributed by atoms with Gasteiger partial charge in [0, 0.05) is 13.6 Å². The largest absolute Gasteiger partial charge is 0.476 e. The lowest BCUT2D eigenvalue weighted by molar-refractivity contribution is 0.0690. The maximum atomic E-state index is 10.7. The molecule has 0 aliphatic heterocycles. The molecule has 2 N–H and O–H groups in total. The summed E-state index contributed by atoms with van der Waals surface area (Å²) < 4.78 is 0. The number of nitrogens with zero attached hydrogens (tertiary/aromatic N) is 3. The molecule has 0 unspecified atom stereocenters. The van der Waals surface area contributed by atoms with Gasteiger partial charge in [-0.2, -0.15) is 0 Å². The average Bonchev–Trinajstić information content (AvgIpc) is 2.29. The second-order valence-corrected chi connectivity index (χ2v) is 3.45. The van der Waals surface area contributed by atoms with Gasteiger partial charge in [-0.1, -0.05) is 0 Å². The molecule has 16 heavy (non-hydrogen) atoms. The van der Waals surface area contributed by atoms with Gasteiger partial charge in [0.05, 0.1) is 12.4 Å². The molecule has 0 aliphatic carbocycles. The van der Waals surface area contributed by atoms with E-state index in [2.05, 4.69) is 15.3 Å². The van der Waals surface area contributed by atoms with E-state index in [-0.39, 0.29) is 5.69 Å². The Labute approximate surface area is 94.3 Å². The minimum absolute atomic E-state index is 0.0297. The number of anilines is 1. The summed E-state index contributed by atoms with van der Waals surface area (Å²) in [5.74, 6) is -0.478. The van der Waals surface area contributed by atoms with Crippen molar-refractivity contribution in [2.75, 3.05) is 32.1 Å². The maximum Gasteiger partial charge on any atom is 0.356 e. The summed E-state index contributed by atoms with van der Waals surface area (Å²) >= 11 is 0. The molecule has 0 atom stereocenters. The van der Waals surface area contributed by atoms with Gasteiger partial charge in [0.2, 0.25) is 0 Å². The molecule has 0 saturated heterocycles. The lowest BCUT2D eigenvalue weighted by Gasteiger charge is -2.17. The van der Waals surface area contributed by atoms with Gasteiger partial charge in [0.25, 0.3) is 0 Å². The summed E-state index contributed by atoms with van der Waals surface area (Å²) in [5.41, 5.74) is -0.0297. The van der Waals surface area contributed by atoms with E-state index in [1.54, 1.807) is 6.20 Å². The summed E-state index contributed by atoms with van der Waals surface area (Å²) in [6.45, 7) is 1.72. The predicted molar refractivity (Wildman–Crippen MR) is 60.8 cm³/mol. The number of hydrogen-bond acceptors (Lipinski definition) is 5. The SMILES string of the molecule is CNCCCN(C)c1cncc(C(=O)O)n1.